The minimum absolute atomic E-state index is 0.107. The van der Waals surface area contributed by atoms with Crippen LogP contribution in [0.25, 0.3) is 0 Å². The number of rotatable bonds is 2. The lowest BCUT2D eigenvalue weighted by molar-refractivity contribution is 0.102. The molecule has 0 bridgehead atoms. The molecule has 1 heterocycles. The Labute approximate surface area is 100 Å². The highest BCUT2D eigenvalue weighted by atomic mass is 16.1. The molecule has 0 unspecified atom stereocenters. The number of aryl methyl sites for hydroxylation is 3. The summed E-state index contributed by atoms with van der Waals surface area (Å²) in [6, 6.07) is 7.50. The normalized spacial score (nSPS) is 10.3. The monoisotopic (exact) mass is 229 g/mol. The van der Waals surface area contributed by atoms with Gasteiger partial charge in [-0.15, -0.1) is 0 Å². The second-order valence-corrected chi connectivity index (χ2v) is 4.13. The summed E-state index contributed by atoms with van der Waals surface area (Å²) in [6.07, 6.45) is 1.79. The second-order valence-electron chi connectivity index (χ2n) is 4.13. The molecule has 2 rings (SSSR count). The molecule has 4 heteroatoms. The summed E-state index contributed by atoms with van der Waals surface area (Å²) < 4.78 is 1.68. The van der Waals surface area contributed by atoms with Crippen molar-refractivity contribution in [1.29, 1.82) is 0 Å². The van der Waals surface area contributed by atoms with Crippen molar-refractivity contribution in [1.82, 2.24) is 9.78 Å². The van der Waals surface area contributed by atoms with E-state index in [0.717, 1.165) is 16.9 Å². The second kappa shape index (κ2) is 4.41. The van der Waals surface area contributed by atoms with Crippen LogP contribution in [0, 0.1) is 13.8 Å². The summed E-state index contributed by atoms with van der Waals surface area (Å²) in [4.78, 5) is 12.0. The topological polar surface area (TPSA) is 46.9 Å². The van der Waals surface area contributed by atoms with Crippen LogP contribution in [0.1, 0.15) is 21.6 Å². The van der Waals surface area contributed by atoms with E-state index < -0.39 is 0 Å². The number of benzene rings is 1. The Morgan fingerprint density at radius 2 is 2.12 bits per heavy atom. The first-order valence-electron chi connectivity index (χ1n) is 5.44. The number of nitrogens with zero attached hydrogens (tertiary/aromatic N) is 2. The zero-order chi connectivity index (χ0) is 12.4. The van der Waals surface area contributed by atoms with Gasteiger partial charge < -0.3 is 5.32 Å². The molecule has 1 aromatic heterocycles. The number of anilines is 1. The predicted octanol–water partition coefficient (Wildman–Crippen LogP) is 2.29. The van der Waals surface area contributed by atoms with E-state index in [-0.39, 0.29) is 5.91 Å². The van der Waals surface area contributed by atoms with Gasteiger partial charge in [0.2, 0.25) is 0 Å². The highest BCUT2D eigenvalue weighted by molar-refractivity contribution is 6.04. The van der Waals surface area contributed by atoms with Gasteiger partial charge in [-0.25, -0.2) is 0 Å². The molecule has 0 aliphatic carbocycles. The van der Waals surface area contributed by atoms with E-state index in [2.05, 4.69) is 10.4 Å². The van der Waals surface area contributed by atoms with Crippen LogP contribution < -0.4 is 5.32 Å². The molecule has 0 radical (unpaired) electrons. The third kappa shape index (κ3) is 2.53. The van der Waals surface area contributed by atoms with Gasteiger partial charge in [0, 0.05) is 18.8 Å². The maximum atomic E-state index is 12.0. The minimum atomic E-state index is -0.107. The molecule has 2 aromatic rings. The third-order valence-corrected chi connectivity index (χ3v) is 2.54. The van der Waals surface area contributed by atoms with E-state index in [4.69, 9.17) is 0 Å². The van der Waals surface area contributed by atoms with E-state index in [1.54, 1.807) is 16.9 Å². The number of carbonyl (C=O) groups excluding carboxylic acids is 1. The molecule has 0 saturated carbocycles. The minimum Gasteiger partial charge on any atom is -0.319 e. The van der Waals surface area contributed by atoms with Crippen molar-refractivity contribution >= 4 is 11.6 Å². The summed E-state index contributed by atoms with van der Waals surface area (Å²) in [6.45, 7) is 3.83. The maximum Gasteiger partial charge on any atom is 0.255 e. The van der Waals surface area contributed by atoms with Gasteiger partial charge in [-0.2, -0.15) is 5.10 Å². The van der Waals surface area contributed by atoms with Crippen molar-refractivity contribution < 1.29 is 4.79 Å². The molecule has 88 valence electrons. The Morgan fingerprint density at radius 3 is 2.71 bits per heavy atom. The van der Waals surface area contributed by atoms with Crippen molar-refractivity contribution in [3.63, 3.8) is 0 Å². The van der Waals surface area contributed by atoms with E-state index >= 15 is 0 Å². The van der Waals surface area contributed by atoms with Crippen LogP contribution in [0.3, 0.4) is 0 Å². The van der Waals surface area contributed by atoms with Gasteiger partial charge in [0.25, 0.3) is 5.91 Å². The summed E-state index contributed by atoms with van der Waals surface area (Å²) in [5, 5.41) is 7.03. The maximum absolute atomic E-state index is 12.0. The first-order valence-corrected chi connectivity index (χ1v) is 5.44. The number of hydrogen-bond acceptors (Lipinski definition) is 2. The Kier molecular flexibility index (Phi) is 2.95. The summed E-state index contributed by atoms with van der Waals surface area (Å²) in [7, 11) is 1.83. The zero-order valence-electron chi connectivity index (χ0n) is 10.2. The van der Waals surface area contributed by atoms with Gasteiger partial charge in [-0.1, -0.05) is 17.7 Å². The number of carbonyl (C=O) groups is 1. The molecule has 1 aromatic carbocycles. The Morgan fingerprint density at radius 1 is 1.35 bits per heavy atom. The molecule has 0 aliphatic heterocycles. The highest BCUT2D eigenvalue weighted by Crippen LogP contribution is 2.13. The van der Waals surface area contributed by atoms with Crippen LogP contribution in [0.5, 0.6) is 0 Å². The molecule has 0 aliphatic rings. The fourth-order valence-electron chi connectivity index (χ4n) is 1.70. The van der Waals surface area contributed by atoms with Gasteiger partial charge >= 0.3 is 0 Å². The molecule has 1 amide bonds. The first kappa shape index (κ1) is 11.4. The zero-order valence-corrected chi connectivity index (χ0v) is 10.2. The number of amides is 1. The Balaban J connectivity index is 2.20. The van der Waals surface area contributed by atoms with Gasteiger partial charge in [0.15, 0.2) is 0 Å². The first-order chi connectivity index (χ1) is 8.06. The van der Waals surface area contributed by atoms with Crippen LogP contribution in [0.4, 0.5) is 5.69 Å². The fourth-order valence-corrected chi connectivity index (χ4v) is 1.70. The predicted molar refractivity (Wildman–Crippen MR) is 67.1 cm³/mol. The molecule has 1 N–H and O–H groups in total. The molecule has 0 fully saturated rings. The van der Waals surface area contributed by atoms with E-state index in [1.807, 2.05) is 39.1 Å². The fraction of sp³-hybridized carbons (Fsp3) is 0.231. The highest BCUT2D eigenvalue weighted by Gasteiger charge is 2.09. The average molecular weight is 229 g/mol. The van der Waals surface area contributed by atoms with Crippen LogP contribution in [-0.4, -0.2) is 15.7 Å². The van der Waals surface area contributed by atoms with E-state index in [1.165, 1.54) is 0 Å². The van der Waals surface area contributed by atoms with Crippen molar-refractivity contribution in [2.24, 2.45) is 7.05 Å². The average Bonchev–Trinajstić information content (AvgIpc) is 2.57. The van der Waals surface area contributed by atoms with Gasteiger partial charge in [0.1, 0.15) is 0 Å². The van der Waals surface area contributed by atoms with Gasteiger partial charge in [-0.05, 0) is 26.0 Å². The lowest BCUT2D eigenvalue weighted by Crippen LogP contribution is -2.12. The van der Waals surface area contributed by atoms with Crippen LogP contribution in [0.2, 0.25) is 0 Å². The number of aromatic nitrogens is 2. The quantitative estimate of drug-likeness (QED) is 0.858. The summed E-state index contributed by atoms with van der Waals surface area (Å²) >= 11 is 0. The Bertz CT molecular complexity index is 558. The van der Waals surface area contributed by atoms with Gasteiger partial charge in [0.05, 0.1) is 11.4 Å². The molecular formula is C13H15N3O. The molecular weight excluding hydrogens is 214 g/mol. The standard InChI is InChI=1S/C13H15N3O/c1-9-5-4-6-11(7-9)13(17)14-12-8-16(3)15-10(12)2/h4-8H,1-3H3,(H,14,17). The van der Waals surface area contributed by atoms with Crippen molar-refractivity contribution in [2.75, 3.05) is 5.32 Å². The largest absolute Gasteiger partial charge is 0.319 e. The SMILES string of the molecule is Cc1cccc(C(=O)Nc2cn(C)nc2C)c1. The summed E-state index contributed by atoms with van der Waals surface area (Å²) in [5.41, 5.74) is 3.29. The lowest BCUT2D eigenvalue weighted by Gasteiger charge is -2.04. The van der Waals surface area contributed by atoms with Crippen LogP contribution in [0.15, 0.2) is 30.5 Å². The molecule has 0 saturated heterocycles. The van der Waals surface area contributed by atoms with E-state index in [9.17, 15) is 4.79 Å². The van der Waals surface area contributed by atoms with Crippen molar-refractivity contribution in [3.05, 3.63) is 47.3 Å². The smallest absolute Gasteiger partial charge is 0.255 e. The summed E-state index contributed by atoms with van der Waals surface area (Å²) in [5.74, 6) is -0.107. The molecule has 0 atom stereocenters. The molecule has 17 heavy (non-hydrogen) atoms. The van der Waals surface area contributed by atoms with Crippen molar-refractivity contribution in [3.8, 4) is 0 Å². The van der Waals surface area contributed by atoms with Crippen molar-refractivity contribution in [2.45, 2.75) is 13.8 Å². The Hall–Kier alpha value is -2.10. The lowest BCUT2D eigenvalue weighted by atomic mass is 10.1. The van der Waals surface area contributed by atoms with Gasteiger partial charge in [-0.3, -0.25) is 9.48 Å². The third-order valence-electron chi connectivity index (χ3n) is 2.54. The number of nitrogens with one attached hydrogen (secondary N) is 1. The van der Waals surface area contributed by atoms with E-state index in [0.29, 0.717) is 5.56 Å². The number of hydrogen-bond donors (Lipinski definition) is 1. The molecule has 4 nitrogen and oxygen atoms in total. The van der Waals surface area contributed by atoms with Crippen LogP contribution >= 0.6 is 0 Å². The molecule has 0 spiro atoms. The van der Waals surface area contributed by atoms with Crippen LogP contribution in [-0.2, 0) is 7.05 Å².